The Morgan fingerprint density at radius 3 is 2.38 bits per heavy atom. The molecule has 1 rings (SSSR count). The summed E-state index contributed by atoms with van der Waals surface area (Å²) in [7, 11) is 2.04. The van der Waals surface area contributed by atoms with Crippen LogP contribution in [0.1, 0.15) is 12.8 Å². The third-order valence-corrected chi connectivity index (χ3v) is 1.75. The van der Waals surface area contributed by atoms with Gasteiger partial charge in [-0.1, -0.05) is 0 Å². The number of nitrogens with one attached hydrogen (secondary N) is 2. The fourth-order valence-electron chi connectivity index (χ4n) is 1.11. The molecule has 0 aromatic rings. The van der Waals surface area contributed by atoms with E-state index >= 15 is 0 Å². The first kappa shape index (κ1) is 6.11. The second kappa shape index (κ2) is 3.10. The molecule has 0 amide bonds. The number of rotatable bonds is 1. The Morgan fingerprint density at radius 2 is 2.00 bits per heavy atom. The van der Waals surface area contributed by atoms with Gasteiger partial charge in [-0.25, -0.2) is 0 Å². The molecule has 2 nitrogen and oxygen atoms in total. The predicted octanol–water partition coefficient (Wildman–Crippen LogP) is -1.12. The highest BCUT2D eigenvalue weighted by Gasteiger charge is 2.08. The maximum atomic E-state index is 3.31. The summed E-state index contributed by atoms with van der Waals surface area (Å²) in [6.45, 7) is 2.37. The Balaban J connectivity index is 2.13. The molecule has 0 radical (unpaired) electrons. The molecule has 1 aliphatic rings. The molecule has 1 heterocycles. The Bertz CT molecular complexity index is 61.4. The van der Waals surface area contributed by atoms with Gasteiger partial charge in [0.2, 0.25) is 0 Å². The molecule has 1 aliphatic heterocycles. The molecular weight excluding hydrogens is 98.9 g/mol. The van der Waals surface area contributed by atoms with Gasteiger partial charge in [-0.2, -0.15) is 0 Å². The van der Waals surface area contributed by atoms with Gasteiger partial charge in [0.15, 0.2) is 7.98 Å². The highest BCUT2D eigenvalue weighted by atomic mass is 14.9. The van der Waals surface area contributed by atoms with Crippen molar-refractivity contribution in [3.8, 4) is 0 Å². The van der Waals surface area contributed by atoms with Gasteiger partial charge in [-0.15, -0.1) is 0 Å². The van der Waals surface area contributed by atoms with E-state index in [1.54, 1.807) is 0 Å². The highest BCUT2D eigenvalue weighted by Crippen LogP contribution is 1.99. The van der Waals surface area contributed by atoms with Crippen molar-refractivity contribution < 1.29 is 0 Å². The minimum absolute atomic E-state index is 0.774. The standard InChI is InChI=1S/C5H13BN2/c6-8-5-1-3-7-4-2-5/h5,7-8H,1-4,6H2. The van der Waals surface area contributed by atoms with Gasteiger partial charge in [0.25, 0.3) is 0 Å². The van der Waals surface area contributed by atoms with E-state index in [4.69, 9.17) is 0 Å². The second-order valence-corrected chi connectivity index (χ2v) is 2.31. The summed E-state index contributed by atoms with van der Waals surface area (Å²) in [5, 5.41) is 6.57. The zero-order chi connectivity index (χ0) is 5.82. The van der Waals surface area contributed by atoms with Gasteiger partial charge in [0.05, 0.1) is 0 Å². The van der Waals surface area contributed by atoms with Gasteiger partial charge in [0.1, 0.15) is 0 Å². The molecule has 0 spiro atoms. The zero-order valence-electron chi connectivity index (χ0n) is 5.41. The van der Waals surface area contributed by atoms with E-state index in [0.717, 1.165) is 6.04 Å². The molecule has 0 aromatic heterocycles. The number of hydrogen-bond acceptors (Lipinski definition) is 2. The van der Waals surface area contributed by atoms with Gasteiger partial charge in [-0.3, -0.25) is 0 Å². The van der Waals surface area contributed by atoms with Gasteiger partial charge < -0.3 is 10.5 Å². The minimum Gasteiger partial charge on any atom is -0.359 e. The maximum Gasteiger partial charge on any atom is 0.182 e. The lowest BCUT2D eigenvalue weighted by molar-refractivity contribution is 0.436. The summed E-state index contributed by atoms with van der Waals surface area (Å²) >= 11 is 0. The van der Waals surface area contributed by atoms with Crippen molar-refractivity contribution >= 4 is 7.98 Å². The molecule has 0 unspecified atom stereocenters. The molecule has 0 aromatic carbocycles. The van der Waals surface area contributed by atoms with Crippen LogP contribution in [0.4, 0.5) is 0 Å². The monoisotopic (exact) mass is 112 g/mol. The lowest BCUT2D eigenvalue weighted by Crippen LogP contribution is -2.38. The van der Waals surface area contributed by atoms with Crippen LogP contribution in [0.5, 0.6) is 0 Å². The first-order valence-corrected chi connectivity index (χ1v) is 3.31. The largest absolute Gasteiger partial charge is 0.359 e. The molecule has 0 saturated carbocycles. The van der Waals surface area contributed by atoms with Crippen LogP contribution in [0.2, 0.25) is 0 Å². The smallest absolute Gasteiger partial charge is 0.182 e. The quantitative estimate of drug-likeness (QED) is 0.419. The summed E-state index contributed by atoms with van der Waals surface area (Å²) in [4.78, 5) is 0. The van der Waals surface area contributed by atoms with Crippen LogP contribution >= 0.6 is 0 Å². The average molecular weight is 112 g/mol. The van der Waals surface area contributed by atoms with Crippen LogP contribution in [0.25, 0.3) is 0 Å². The van der Waals surface area contributed by atoms with Crippen molar-refractivity contribution in [2.75, 3.05) is 13.1 Å². The molecule has 1 saturated heterocycles. The van der Waals surface area contributed by atoms with Crippen molar-refractivity contribution in [1.29, 1.82) is 0 Å². The van der Waals surface area contributed by atoms with E-state index in [1.807, 2.05) is 7.98 Å². The molecule has 1 fully saturated rings. The van der Waals surface area contributed by atoms with Crippen LogP contribution in [0.3, 0.4) is 0 Å². The maximum absolute atomic E-state index is 3.31. The molecule has 46 valence electrons. The topological polar surface area (TPSA) is 24.1 Å². The number of hydrogen-bond donors (Lipinski definition) is 2. The van der Waals surface area contributed by atoms with Crippen LogP contribution in [-0.2, 0) is 0 Å². The van der Waals surface area contributed by atoms with Crippen molar-refractivity contribution in [3.05, 3.63) is 0 Å². The van der Waals surface area contributed by atoms with Crippen LogP contribution < -0.4 is 10.5 Å². The van der Waals surface area contributed by atoms with Crippen LogP contribution in [0, 0.1) is 0 Å². The van der Waals surface area contributed by atoms with Crippen molar-refractivity contribution in [2.45, 2.75) is 18.9 Å². The third-order valence-electron chi connectivity index (χ3n) is 1.75. The normalized spacial score (nSPS) is 23.5. The molecule has 3 heteroatoms. The fraction of sp³-hybridized carbons (Fsp3) is 1.00. The van der Waals surface area contributed by atoms with E-state index in [2.05, 4.69) is 10.5 Å². The zero-order valence-corrected chi connectivity index (χ0v) is 5.41. The Morgan fingerprint density at radius 1 is 1.38 bits per heavy atom. The lowest BCUT2D eigenvalue weighted by Gasteiger charge is -2.21. The predicted molar refractivity (Wildman–Crippen MR) is 37.6 cm³/mol. The lowest BCUT2D eigenvalue weighted by atomic mass is 10.1. The summed E-state index contributed by atoms with van der Waals surface area (Å²) in [5.41, 5.74) is 0. The Kier molecular flexibility index (Phi) is 2.37. The van der Waals surface area contributed by atoms with Crippen molar-refractivity contribution in [1.82, 2.24) is 10.5 Å². The molecule has 0 bridgehead atoms. The summed E-state index contributed by atoms with van der Waals surface area (Å²) in [5.74, 6) is 0. The molecule has 0 atom stereocenters. The van der Waals surface area contributed by atoms with Crippen LogP contribution in [0.15, 0.2) is 0 Å². The third kappa shape index (κ3) is 1.49. The number of piperidine rings is 1. The second-order valence-electron chi connectivity index (χ2n) is 2.31. The van der Waals surface area contributed by atoms with E-state index in [0.29, 0.717) is 0 Å². The van der Waals surface area contributed by atoms with E-state index in [9.17, 15) is 0 Å². The van der Waals surface area contributed by atoms with E-state index < -0.39 is 0 Å². The minimum atomic E-state index is 0.774. The Hall–Kier alpha value is -0.0151. The highest BCUT2D eigenvalue weighted by molar-refractivity contribution is 6.04. The van der Waals surface area contributed by atoms with Crippen molar-refractivity contribution in [2.24, 2.45) is 0 Å². The molecule has 8 heavy (non-hydrogen) atoms. The Labute approximate surface area is 51.5 Å². The van der Waals surface area contributed by atoms with Gasteiger partial charge in [-0.05, 0) is 32.0 Å². The van der Waals surface area contributed by atoms with Gasteiger partial charge >= 0.3 is 0 Å². The van der Waals surface area contributed by atoms with Crippen molar-refractivity contribution in [3.63, 3.8) is 0 Å². The fourth-order valence-corrected chi connectivity index (χ4v) is 1.11. The van der Waals surface area contributed by atoms with Gasteiger partial charge in [0, 0.05) is 0 Å². The molecular formula is C5H13BN2. The van der Waals surface area contributed by atoms with E-state index in [1.165, 1.54) is 25.9 Å². The van der Waals surface area contributed by atoms with Crippen LogP contribution in [-0.4, -0.2) is 27.1 Å². The first-order chi connectivity index (χ1) is 3.93. The molecule has 0 aliphatic carbocycles. The first-order valence-electron chi connectivity index (χ1n) is 3.31. The SMILES string of the molecule is BNC1CCNCC1. The average Bonchev–Trinajstić information content (AvgIpc) is 1.90. The summed E-state index contributed by atoms with van der Waals surface area (Å²) < 4.78 is 0. The summed E-state index contributed by atoms with van der Waals surface area (Å²) in [6, 6.07) is 0.774. The summed E-state index contributed by atoms with van der Waals surface area (Å²) in [6.07, 6.45) is 2.58. The molecule has 2 N–H and O–H groups in total. The van der Waals surface area contributed by atoms with E-state index in [-0.39, 0.29) is 0 Å².